The van der Waals surface area contributed by atoms with Gasteiger partial charge in [0.25, 0.3) is 0 Å². The zero-order valence-electron chi connectivity index (χ0n) is 12.0. The van der Waals surface area contributed by atoms with Crippen molar-refractivity contribution in [1.82, 2.24) is 14.9 Å². The summed E-state index contributed by atoms with van der Waals surface area (Å²) in [7, 11) is 2.18. The minimum Gasteiger partial charge on any atom is -0.299 e. The summed E-state index contributed by atoms with van der Waals surface area (Å²) in [5, 5.41) is 1.29. The molecular formula is C16H21N3S. The van der Waals surface area contributed by atoms with Gasteiger partial charge in [-0.2, -0.15) is 0 Å². The van der Waals surface area contributed by atoms with Gasteiger partial charge in [0.1, 0.15) is 5.01 Å². The number of pyridine rings is 1. The lowest BCUT2D eigenvalue weighted by Gasteiger charge is -2.14. The van der Waals surface area contributed by atoms with Crippen molar-refractivity contribution < 1.29 is 0 Å². The van der Waals surface area contributed by atoms with Gasteiger partial charge in [-0.1, -0.05) is 0 Å². The lowest BCUT2D eigenvalue weighted by molar-refractivity contribution is 0.330. The highest BCUT2D eigenvalue weighted by molar-refractivity contribution is 7.11. The maximum absolute atomic E-state index is 4.81. The number of nitrogens with zero attached hydrogens (tertiary/aromatic N) is 3. The van der Waals surface area contributed by atoms with Crippen LogP contribution in [0.4, 0.5) is 0 Å². The Morgan fingerprint density at radius 1 is 1.20 bits per heavy atom. The highest BCUT2D eigenvalue weighted by Gasteiger charge is 2.15. The number of aromatic nitrogens is 2. The fourth-order valence-electron chi connectivity index (χ4n) is 2.65. The molecule has 0 amide bonds. The zero-order valence-corrected chi connectivity index (χ0v) is 12.8. The molecule has 0 unspecified atom stereocenters. The van der Waals surface area contributed by atoms with Crippen LogP contribution in [0.3, 0.4) is 0 Å². The molecule has 4 heteroatoms. The van der Waals surface area contributed by atoms with E-state index in [1.54, 1.807) is 0 Å². The summed E-state index contributed by atoms with van der Waals surface area (Å²) in [6.07, 6.45) is 9.89. The Morgan fingerprint density at radius 2 is 2.00 bits per heavy atom. The third-order valence-electron chi connectivity index (χ3n) is 3.83. The van der Waals surface area contributed by atoms with Gasteiger partial charge in [-0.3, -0.25) is 9.88 Å². The molecule has 0 N–H and O–H groups in total. The quantitative estimate of drug-likeness (QED) is 0.846. The first kappa shape index (κ1) is 13.7. The van der Waals surface area contributed by atoms with E-state index in [1.807, 2.05) is 23.7 Å². The molecule has 3 rings (SSSR count). The predicted octanol–water partition coefficient (Wildman–Crippen LogP) is 3.09. The van der Waals surface area contributed by atoms with E-state index in [0.29, 0.717) is 0 Å². The fourth-order valence-corrected chi connectivity index (χ4v) is 3.89. The van der Waals surface area contributed by atoms with E-state index in [1.165, 1.54) is 46.8 Å². The van der Waals surface area contributed by atoms with E-state index in [-0.39, 0.29) is 0 Å². The van der Waals surface area contributed by atoms with Crippen LogP contribution in [0.25, 0.3) is 0 Å². The Kier molecular flexibility index (Phi) is 4.43. The second-order valence-corrected chi connectivity index (χ2v) is 6.70. The predicted molar refractivity (Wildman–Crippen MR) is 83.0 cm³/mol. The maximum atomic E-state index is 4.81. The van der Waals surface area contributed by atoms with Crippen molar-refractivity contribution >= 4 is 11.3 Å². The molecule has 0 aromatic carbocycles. The van der Waals surface area contributed by atoms with E-state index in [4.69, 9.17) is 4.98 Å². The molecule has 3 nitrogen and oxygen atoms in total. The smallest absolute Gasteiger partial charge is 0.107 e. The molecular weight excluding hydrogens is 266 g/mol. The average Bonchev–Trinajstić information content (AvgIpc) is 2.88. The summed E-state index contributed by atoms with van der Waals surface area (Å²) in [5.41, 5.74) is 2.73. The van der Waals surface area contributed by atoms with Gasteiger partial charge in [0.15, 0.2) is 0 Å². The van der Waals surface area contributed by atoms with Crippen LogP contribution >= 0.6 is 11.3 Å². The molecule has 0 radical (unpaired) electrons. The normalized spacial score (nSPS) is 14.5. The highest BCUT2D eigenvalue weighted by atomic mass is 32.1. The topological polar surface area (TPSA) is 29.0 Å². The van der Waals surface area contributed by atoms with Gasteiger partial charge >= 0.3 is 0 Å². The van der Waals surface area contributed by atoms with Gasteiger partial charge in [0, 0.05) is 23.8 Å². The van der Waals surface area contributed by atoms with Gasteiger partial charge in [0.05, 0.1) is 12.2 Å². The molecule has 2 aromatic heterocycles. The monoisotopic (exact) mass is 287 g/mol. The van der Waals surface area contributed by atoms with E-state index in [0.717, 1.165) is 19.5 Å². The molecule has 0 aliphatic heterocycles. The second kappa shape index (κ2) is 6.46. The Labute approximate surface area is 124 Å². The van der Waals surface area contributed by atoms with E-state index in [9.17, 15) is 0 Å². The van der Waals surface area contributed by atoms with Crippen molar-refractivity contribution in [3.05, 3.63) is 45.7 Å². The molecule has 0 saturated carbocycles. The molecule has 106 valence electrons. The van der Waals surface area contributed by atoms with E-state index < -0.39 is 0 Å². The number of thiazole rings is 1. The molecule has 20 heavy (non-hydrogen) atoms. The number of aryl methyl sites for hydroxylation is 2. The van der Waals surface area contributed by atoms with Crippen LogP contribution in [-0.4, -0.2) is 28.5 Å². The Hall–Kier alpha value is -1.26. The molecule has 2 aromatic rings. The molecule has 0 fully saturated rings. The lowest BCUT2D eigenvalue weighted by Crippen LogP contribution is -2.20. The van der Waals surface area contributed by atoms with Gasteiger partial charge in [-0.05, 0) is 56.8 Å². The lowest BCUT2D eigenvalue weighted by atomic mass is 10.0. The third kappa shape index (κ3) is 3.44. The molecule has 0 bridgehead atoms. The third-order valence-corrected chi connectivity index (χ3v) is 4.97. The average molecular weight is 287 g/mol. The fraction of sp³-hybridized carbons (Fsp3) is 0.500. The number of rotatable bonds is 5. The van der Waals surface area contributed by atoms with Crippen LogP contribution < -0.4 is 0 Å². The van der Waals surface area contributed by atoms with Gasteiger partial charge < -0.3 is 0 Å². The minimum atomic E-state index is 0.975. The highest BCUT2D eigenvalue weighted by Crippen LogP contribution is 2.27. The van der Waals surface area contributed by atoms with Gasteiger partial charge in [-0.15, -0.1) is 11.3 Å². The molecule has 0 spiro atoms. The van der Waals surface area contributed by atoms with Crippen LogP contribution in [0.2, 0.25) is 0 Å². The maximum Gasteiger partial charge on any atom is 0.107 e. The standard InChI is InChI=1S/C16H21N3S/c1-19(11-8-13-6-9-17-10-7-13)12-16-18-14-4-2-3-5-15(14)20-16/h6-7,9-10H,2-5,8,11-12H2,1H3. The van der Waals surface area contributed by atoms with Crippen molar-refractivity contribution in [3.8, 4) is 0 Å². The van der Waals surface area contributed by atoms with Crippen molar-refractivity contribution in [3.63, 3.8) is 0 Å². The molecule has 2 heterocycles. The number of fused-ring (bicyclic) bond motifs is 1. The van der Waals surface area contributed by atoms with Crippen LogP contribution in [0.5, 0.6) is 0 Å². The zero-order chi connectivity index (χ0) is 13.8. The summed E-state index contributed by atoms with van der Waals surface area (Å²) < 4.78 is 0. The first-order valence-corrected chi connectivity index (χ1v) is 8.18. The van der Waals surface area contributed by atoms with E-state index in [2.05, 4.69) is 29.1 Å². The Bertz CT molecular complexity index is 527. The first-order chi connectivity index (χ1) is 9.81. The van der Waals surface area contributed by atoms with Crippen LogP contribution in [0.1, 0.15) is 34.0 Å². The molecule has 1 aliphatic carbocycles. The minimum absolute atomic E-state index is 0.975. The summed E-state index contributed by atoms with van der Waals surface area (Å²) in [6, 6.07) is 4.19. The number of hydrogen-bond donors (Lipinski definition) is 0. The summed E-state index contributed by atoms with van der Waals surface area (Å²) >= 11 is 1.92. The SMILES string of the molecule is CN(CCc1ccncc1)Cc1nc2c(s1)CCCC2. The van der Waals surface area contributed by atoms with Crippen molar-refractivity contribution in [2.75, 3.05) is 13.6 Å². The molecule has 0 atom stereocenters. The Balaban J connectivity index is 1.53. The summed E-state index contributed by atoms with van der Waals surface area (Å²) in [4.78, 5) is 12.8. The first-order valence-electron chi connectivity index (χ1n) is 7.36. The van der Waals surface area contributed by atoms with Crippen molar-refractivity contribution in [2.24, 2.45) is 0 Å². The largest absolute Gasteiger partial charge is 0.299 e. The van der Waals surface area contributed by atoms with Gasteiger partial charge in [0.2, 0.25) is 0 Å². The summed E-state index contributed by atoms with van der Waals surface area (Å²) in [6.45, 7) is 2.04. The van der Waals surface area contributed by atoms with Crippen molar-refractivity contribution in [1.29, 1.82) is 0 Å². The van der Waals surface area contributed by atoms with Crippen molar-refractivity contribution in [2.45, 2.75) is 38.6 Å². The van der Waals surface area contributed by atoms with Gasteiger partial charge in [-0.25, -0.2) is 4.98 Å². The second-order valence-electron chi connectivity index (χ2n) is 5.53. The van der Waals surface area contributed by atoms with Crippen LogP contribution in [0, 0.1) is 0 Å². The number of likely N-dealkylation sites (N-methyl/N-ethyl adjacent to an activating group) is 1. The molecule has 0 saturated heterocycles. The molecule has 1 aliphatic rings. The van der Waals surface area contributed by atoms with Crippen LogP contribution in [0.15, 0.2) is 24.5 Å². The Morgan fingerprint density at radius 3 is 2.80 bits per heavy atom. The van der Waals surface area contributed by atoms with E-state index >= 15 is 0 Å². The number of hydrogen-bond acceptors (Lipinski definition) is 4. The summed E-state index contributed by atoms with van der Waals surface area (Å²) in [5.74, 6) is 0. The van der Waals surface area contributed by atoms with Crippen LogP contribution in [-0.2, 0) is 25.8 Å².